The third-order valence-electron chi connectivity index (χ3n) is 3.44. The standard InChI is InChI=1S/C12H19N3OS/c1-15(11-4-5-17-8-11)12-14-10(7-16-12)6-13-9-2-3-9/h7,9,11,13H,2-6,8H2,1H3. The third kappa shape index (κ3) is 2.77. The second-order valence-corrected chi connectivity index (χ2v) is 6.05. The molecule has 1 N–H and O–H groups in total. The summed E-state index contributed by atoms with van der Waals surface area (Å²) in [5.74, 6) is 2.44. The van der Waals surface area contributed by atoms with Crippen LogP contribution in [-0.4, -0.2) is 35.6 Å². The van der Waals surface area contributed by atoms with Gasteiger partial charge in [-0.25, -0.2) is 0 Å². The molecule has 1 aromatic rings. The number of hydrogen-bond donors (Lipinski definition) is 1. The maximum Gasteiger partial charge on any atom is 0.297 e. The zero-order chi connectivity index (χ0) is 11.7. The van der Waals surface area contributed by atoms with Crippen LogP contribution >= 0.6 is 11.8 Å². The highest BCUT2D eigenvalue weighted by Gasteiger charge is 2.24. The molecule has 0 spiro atoms. The first-order chi connectivity index (χ1) is 8.33. The van der Waals surface area contributed by atoms with E-state index in [1.807, 2.05) is 11.8 Å². The second-order valence-electron chi connectivity index (χ2n) is 4.90. The minimum atomic E-state index is 0.586. The van der Waals surface area contributed by atoms with Crippen molar-refractivity contribution >= 4 is 17.8 Å². The topological polar surface area (TPSA) is 41.3 Å². The van der Waals surface area contributed by atoms with Crippen LogP contribution < -0.4 is 10.2 Å². The first kappa shape index (κ1) is 11.4. The largest absolute Gasteiger partial charge is 0.432 e. The van der Waals surface area contributed by atoms with Gasteiger partial charge in [-0.1, -0.05) is 0 Å². The molecule has 0 amide bonds. The summed E-state index contributed by atoms with van der Waals surface area (Å²) in [4.78, 5) is 6.72. The average Bonchev–Trinajstić information content (AvgIpc) is 2.86. The lowest BCUT2D eigenvalue weighted by atomic mass is 10.2. The third-order valence-corrected chi connectivity index (χ3v) is 4.59. The van der Waals surface area contributed by atoms with E-state index in [2.05, 4.69) is 22.2 Å². The molecule has 1 saturated heterocycles. The molecule has 17 heavy (non-hydrogen) atoms. The van der Waals surface area contributed by atoms with Gasteiger partial charge in [-0.3, -0.25) is 0 Å². The van der Waals surface area contributed by atoms with E-state index in [-0.39, 0.29) is 0 Å². The molecule has 1 aliphatic carbocycles. The Morgan fingerprint density at radius 3 is 3.12 bits per heavy atom. The molecule has 2 heterocycles. The van der Waals surface area contributed by atoms with E-state index in [4.69, 9.17) is 4.42 Å². The van der Waals surface area contributed by atoms with Crippen molar-refractivity contribution < 1.29 is 4.42 Å². The van der Waals surface area contributed by atoms with E-state index in [1.165, 1.54) is 30.8 Å². The number of aromatic nitrogens is 1. The molecular formula is C12H19N3OS. The van der Waals surface area contributed by atoms with Gasteiger partial charge in [0, 0.05) is 31.4 Å². The van der Waals surface area contributed by atoms with Crippen LogP contribution in [0.1, 0.15) is 25.0 Å². The Kier molecular flexibility index (Phi) is 3.29. The van der Waals surface area contributed by atoms with E-state index in [0.717, 1.165) is 24.3 Å². The predicted octanol–water partition coefficient (Wildman–Crippen LogP) is 1.87. The van der Waals surface area contributed by atoms with Gasteiger partial charge >= 0.3 is 0 Å². The highest BCUT2D eigenvalue weighted by Crippen LogP contribution is 2.25. The number of nitrogens with zero attached hydrogens (tertiary/aromatic N) is 2. The van der Waals surface area contributed by atoms with Crippen LogP contribution in [0.15, 0.2) is 10.7 Å². The SMILES string of the molecule is CN(c1nc(CNC2CC2)co1)C1CCSC1. The molecule has 1 aromatic heterocycles. The van der Waals surface area contributed by atoms with Gasteiger partial charge in [0.1, 0.15) is 6.26 Å². The quantitative estimate of drug-likeness (QED) is 0.867. The number of hydrogen-bond acceptors (Lipinski definition) is 5. The van der Waals surface area contributed by atoms with Crippen molar-refractivity contribution in [1.29, 1.82) is 0 Å². The molecule has 1 unspecified atom stereocenters. The number of thioether (sulfide) groups is 1. The van der Waals surface area contributed by atoms with Gasteiger partial charge in [0.15, 0.2) is 0 Å². The molecule has 0 aromatic carbocycles. The summed E-state index contributed by atoms with van der Waals surface area (Å²) in [7, 11) is 2.08. The first-order valence-corrected chi connectivity index (χ1v) is 7.47. The van der Waals surface area contributed by atoms with Crippen LogP contribution in [0.4, 0.5) is 6.01 Å². The fraction of sp³-hybridized carbons (Fsp3) is 0.750. The van der Waals surface area contributed by atoms with Crippen molar-refractivity contribution in [2.75, 3.05) is 23.5 Å². The van der Waals surface area contributed by atoms with E-state index in [0.29, 0.717) is 6.04 Å². The van der Waals surface area contributed by atoms with Crippen LogP contribution in [0, 0.1) is 0 Å². The van der Waals surface area contributed by atoms with E-state index < -0.39 is 0 Å². The highest BCUT2D eigenvalue weighted by molar-refractivity contribution is 7.99. The molecule has 0 radical (unpaired) electrons. The molecule has 2 fully saturated rings. The summed E-state index contributed by atoms with van der Waals surface area (Å²) >= 11 is 2.01. The number of rotatable bonds is 5. The summed E-state index contributed by atoms with van der Waals surface area (Å²) in [5, 5.41) is 3.45. The van der Waals surface area contributed by atoms with Crippen LogP contribution in [0.5, 0.6) is 0 Å². The minimum absolute atomic E-state index is 0.586. The Balaban J connectivity index is 1.57. The zero-order valence-electron chi connectivity index (χ0n) is 10.2. The van der Waals surface area contributed by atoms with E-state index in [9.17, 15) is 0 Å². The molecule has 2 aliphatic rings. The molecular weight excluding hydrogens is 234 g/mol. The Morgan fingerprint density at radius 2 is 2.41 bits per heavy atom. The van der Waals surface area contributed by atoms with E-state index in [1.54, 1.807) is 6.26 Å². The van der Waals surface area contributed by atoms with Gasteiger partial charge < -0.3 is 14.6 Å². The van der Waals surface area contributed by atoms with Crippen molar-refractivity contribution in [2.45, 2.75) is 37.9 Å². The van der Waals surface area contributed by atoms with Gasteiger partial charge in [-0.15, -0.1) is 0 Å². The molecule has 5 heteroatoms. The van der Waals surface area contributed by atoms with Crippen LogP contribution in [0.25, 0.3) is 0 Å². The summed E-state index contributed by atoms with van der Waals surface area (Å²) in [5.41, 5.74) is 1.02. The van der Waals surface area contributed by atoms with Gasteiger partial charge in [0.25, 0.3) is 6.01 Å². The van der Waals surface area contributed by atoms with Gasteiger partial charge in [-0.2, -0.15) is 16.7 Å². The van der Waals surface area contributed by atoms with E-state index >= 15 is 0 Å². The molecule has 1 aliphatic heterocycles. The fourth-order valence-corrected chi connectivity index (χ4v) is 3.33. The molecule has 1 atom stereocenters. The van der Waals surface area contributed by atoms with Gasteiger partial charge in [0.05, 0.1) is 5.69 Å². The smallest absolute Gasteiger partial charge is 0.297 e. The van der Waals surface area contributed by atoms with Crippen molar-refractivity contribution in [3.8, 4) is 0 Å². The number of nitrogens with one attached hydrogen (secondary N) is 1. The lowest BCUT2D eigenvalue weighted by molar-refractivity contribution is 0.521. The normalized spacial score (nSPS) is 24.2. The Bertz CT molecular complexity index is 372. The predicted molar refractivity (Wildman–Crippen MR) is 70.5 cm³/mol. The van der Waals surface area contributed by atoms with Crippen molar-refractivity contribution in [2.24, 2.45) is 0 Å². The minimum Gasteiger partial charge on any atom is -0.432 e. The maximum atomic E-state index is 5.56. The van der Waals surface area contributed by atoms with Crippen molar-refractivity contribution in [1.82, 2.24) is 10.3 Å². The van der Waals surface area contributed by atoms with Crippen molar-refractivity contribution in [3.63, 3.8) is 0 Å². The monoisotopic (exact) mass is 253 g/mol. The second kappa shape index (κ2) is 4.90. The Labute approximate surface area is 106 Å². The van der Waals surface area contributed by atoms with Crippen molar-refractivity contribution in [3.05, 3.63) is 12.0 Å². The molecule has 4 nitrogen and oxygen atoms in total. The maximum absolute atomic E-state index is 5.56. The molecule has 0 bridgehead atoms. The van der Waals surface area contributed by atoms with Gasteiger partial charge in [0.2, 0.25) is 0 Å². The zero-order valence-corrected chi connectivity index (χ0v) is 11.0. The van der Waals surface area contributed by atoms with Crippen LogP contribution in [-0.2, 0) is 6.54 Å². The highest BCUT2D eigenvalue weighted by atomic mass is 32.2. The summed E-state index contributed by atoms with van der Waals surface area (Å²) in [6.45, 7) is 0.835. The first-order valence-electron chi connectivity index (χ1n) is 6.31. The average molecular weight is 253 g/mol. The molecule has 94 valence electrons. The molecule has 3 rings (SSSR count). The fourth-order valence-electron chi connectivity index (χ4n) is 2.06. The summed E-state index contributed by atoms with van der Waals surface area (Å²) in [6, 6.07) is 2.08. The summed E-state index contributed by atoms with van der Waals surface area (Å²) in [6.07, 6.45) is 5.64. The Morgan fingerprint density at radius 1 is 1.53 bits per heavy atom. The number of anilines is 1. The van der Waals surface area contributed by atoms with Crippen LogP contribution in [0.3, 0.4) is 0 Å². The lowest BCUT2D eigenvalue weighted by Crippen LogP contribution is -2.31. The lowest BCUT2D eigenvalue weighted by Gasteiger charge is -2.21. The Hall–Kier alpha value is -0.680. The number of oxazole rings is 1. The molecule has 1 saturated carbocycles. The summed E-state index contributed by atoms with van der Waals surface area (Å²) < 4.78 is 5.56. The van der Waals surface area contributed by atoms with Crippen LogP contribution in [0.2, 0.25) is 0 Å². The van der Waals surface area contributed by atoms with Gasteiger partial charge in [-0.05, 0) is 25.0 Å².